The lowest BCUT2D eigenvalue weighted by Gasteiger charge is -2.42. The Labute approximate surface area is 149 Å². The van der Waals surface area contributed by atoms with Gasteiger partial charge in [0.2, 0.25) is 5.91 Å². The van der Waals surface area contributed by atoms with Gasteiger partial charge in [-0.2, -0.15) is 0 Å². The highest BCUT2D eigenvalue weighted by atomic mass is 16.5. The van der Waals surface area contributed by atoms with Gasteiger partial charge in [0.1, 0.15) is 5.75 Å². The summed E-state index contributed by atoms with van der Waals surface area (Å²) in [7, 11) is 1.71. The maximum Gasteiger partial charge on any atom is 0.230 e. The molecule has 3 aliphatic rings. The van der Waals surface area contributed by atoms with Crippen LogP contribution >= 0.6 is 0 Å². The molecule has 1 aliphatic carbocycles. The fourth-order valence-electron chi connectivity index (χ4n) is 4.30. The third-order valence-corrected chi connectivity index (χ3v) is 5.98. The van der Waals surface area contributed by atoms with E-state index in [0.29, 0.717) is 12.5 Å². The van der Waals surface area contributed by atoms with Crippen LogP contribution in [0.5, 0.6) is 5.75 Å². The highest BCUT2D eigenvalue weighted by Crippen LogP contribution is 2.42. The zero-order chi connectivity index (χ0) is 17.3. The van der Waals surface area contributed by atoms with Crippen molar-refractivity contribution in [1.29, 1.82) is 0 Å². The van der Waals surface area contributed by atoms with Gasteiger partial charge in [-0.15, -0.1) is 0 Å². The second kappa shape index (κ2) is 6.96. The molecule has 136 valence electrons. The van der Waals surface area contributed by atoms with Crippen molar-refractivity contribution in [2.24, 2.45) is 11.3 Å². The fraction of sp³-hybridized carbons (Fsp3) is 0.650. The van der Waals surface area contributed by atoms with Gasteiger partial charge in [-0.1, -0.05) is 18.2 Å². The van der Waals surface area contributed by atoms with Crippen molar-refractivity contribution in [3.05, 3.63) is 29.8 Å². The molecule has 1 aromatic carbocycles. The van der Waals surface area contributed by atoms with Gasteiger partial charge in [0.15, 0.2) is 0 Å². The maximum atomic E-state index is 13.0. The Morgan fingerprint density at radius 3 is 3.00 bits per heavy atom. The number of nitrogens with zero attached hydrogens (tertiary/aromatic N) is 1. The molecule has 0 unspecified atom stereocenters. The molecule has 4 rings (SSSR count). The van der Waals surface area contributed by atoms with Crippen LogP contribution < -0.4 is 10.1 Å². The summed E-state index contributed by atoms with van der Waals surface area (Å²) in [5.41, 5.74) is 0.797. The van der Waals surface area contributed by atoms with Gasteiger partial charge < -0.3 is 14.8 Å². The fourth-order valence-corrected chi connectivity index (χ4v) is 4.30. The number of hydrogen-bond acceptors (Lipinski definition) is 4. The number of ether oxygens (including phenoxy) is 2. The first-order valence-corrected chi connectivity index (χ1v) is 9.45. The normalized spacial score (nSPS) is 29.2. The number of hydrogen-bond donors (Lipinski definition) is 1. The summed E-state index contributed by atoms with van der Waals surface area (Å²) >= 11 is 0. The van der Waals surface area contributed by atoms with Gasteiger partial charge in [-0.25, -0.2) is 0 Å². The molecule has 2 atom stereocenters. The van der Waals surface area contributed by atoms with Crippen LogP contribution in [0.2, 0.25) is 0 Å². The van der Waals surface area contributed by atoms with Crippen molar-refractivity contribution in [3.63, 3.8) is 0 Å². The Kier molecular flexibility index (Phi) is 4.69. The molecule has 0 radical (unpaired) electrons. The second-order valence-corrected chi connectivity index (χ2v) is 7.73. The average molecular weight is 344 g/mol. The molecule has 3 fully saturated rings. The van der Waals surface area contributed by atoms with Gasteiger partial charge in [0.05, 0.1) is 18.6 Å². The van der Waals surface area contributed by atoms with E-state index < -0.39 is 0 Å². The molecule has 2 aliphatic heterocycles. The standard InChI is InChI=1S/C20H28N2O3/c1-24-17-5-3-2-4-16(17)13-22-10-8-18-20(14-22,9-11-25-18)19(23)21-12-15-6-7-15/h2-5,15,18H,6-14H2,1H3,(H,21,23)/t18-,20-/m1/s1. The lowest BCUT2D eigenvalue weighted by Crippen LogP contribution is -2.57. The zero-order valence-electron chi connectivity index (χ0n) is 15.0. The molecule has 0 aromatic heterocycles. The summed E-state index contributed by atoms with van der Waals surface area (Å²) in [4.78, 5) is 15.4. The summed E-state index contributed by atoms with van der Waals surface area (Å²) in [6.07, 6.45) is 4.34. The summed E-state index contributed by atoms with van der Waals surface area (Å²) in [6, 6.07) is 8.14. The van der Waals surface area contributed by atoms with Crippen LogP contribution in [0.3, 0.4) is 0 Å². The summed E-state index contributed by atoms with van der Waals surface area (Å²) in [6.45, 7) is 4.07. The highest BCUT2D eigenvalue weighted by molar-refractivity contribution is 5.84. The van der Waals surface area contributed by atoms with Crippen molar-refractivity contribution in [1.82, 2.24) is 10.2 Å². The van der Waals surface area contributed by atoms with E-state index in [4.69, 9.17) is 9.47 Å². The molecule has 0 spiro atoms. The van der Waals surface area contributed by atoms with Crippen LogP contribution in [0.25, 0.3) is 0 Å². The molecule has 2 heterocycles. The van der Waals surface area contributed by atoms with Crippen LogP contribution in [0, 0.1) is 11.3 Å². The lowest BCUT2D eigenvalue weighted by molar-refractivity contribution is -0.139. The lowest BCUT2D eigenvalue weighted by atomic mass is 9.75. The van der Waals surface area contributed by atoms with E-state index in [9.17, 15) is 4.79 Å². The Balaban J connectivity index is 1.47. The monoisotopic (exact) mass is 344 g/mol. The van der Waals surface area contributed by atoms with Gasteiger partial charge in [-0.3, -0.25) is 9.69 Å². The number of carbonyl (C=O) groups is 1. The number of benzene rings is 1. The molecule has 1 amide bonds. The number of para-hydroxylation sites is 1. The quantitative estimate of drug-likeness (QED) is 0.860. The summed E-state index contributed by atoms with van der Waals surface area (Å²) in [5, 5.41) is 3.21. The van der Waals surface area contributed by atoms with Gasteiger partial charge >= 0.3 is 0 Å². The molecule has 2 saturated heterocycles. The number of fused-ring (bicyclic) bond motifs is 1. The van der Waals surface area contributed by atoms with Crippen molar-refractivity contribution >= 4 is 5.91 Å². The van der Waals surface area contributed by atoms with Crippen LogP contribution in [-0.4, -0.2) is 50.3 Å². The van der Waals surface area contributed by atoms with Crippen LogP contribution in [0.15, 0.2) is 24.3 Å². The molecule has 5 heteroatoms. The van der Waals surface area contributed by atoms with Crippen molar-refractivity contribution < 1.29 is 14.3 Å². The minimum Gasteiger partial charge on any atom is -0.496 e. The number of likely N-dealkylation sites (tertiary alicyclic amines) is 1. The van der Waals surface area contributed by atoms with Crippen molar-refractivity contribution in [2.45, 2.75) is 38.3 Å². The largest absolute Gasteiger partial charge is 0.496 e. The summed E-state index contributed by atoms with van der Waals surface area (Å²) < 4.78 is 11.4. The van der Waals surface area contributed by atoms with Gasteiger partial charge in [0.25, 0.3) is 0 Å². The molecule has 1 N–H and O–H groups in total. The Hall–Kier alpha value is -1.59. The Morgan fingerprint density at radius 2 is 2.20 bits per heavy atom. The Morgan fingerprint density at radius 1 is 1.36 bits per heavy atom. The van der Waals surface area contributed by atoms with Crippen molar-refractivity contribution in [3.8, 4) is 5.75 Å². The first kappa shape index (κ1) is 16.9. The molecule has 1 saturated carbocycles. The third-order valence-electron chi connectivity index (χ3n) is 5.98. The smallest absolute Gasteiger partial charge is 0.230 e. The van der Waals surface area contributed by atoms with E-state index in [1.165, 1.54) is 18.4 Å². The van der Waals surface area contributed by atoms with Crippen LogP contribution in [0.1, 0.15) is 31.2 Å². The summed E-state index contributed by atoms with van der Waals surface area (Å²) in [5.74, 6) is 1.82. The minimum atomic E-state index is -0.380. The number of piperidine rings is 1. The predicted molar refractivity (Wildman–Crippen MR) is 95.4 cm³/mol. The second-order valence-electron chi connectivity index (χ2n) is 7.73. The maximum absolute atomic E-state index is 13.0. The average Bonchev–Trinajstić information content (AvgIpc) is 3.37. The Bertz CT molecular complexity index is 631. The van der Waals surface area contributed by atoms with E-state index in [-0.39, 0.29) is 17.4 Å². The van der Waals surface area contributed by atoms with E-state index >= 15 is 0 Å². The molecular weight excluding hydrogens is 316 g/mol. The molecule has 25 heavy (non-hydrogen) atoms. The first-order valence-electron chi connectivity index (χ1n) is 9.45. The number of methoxy groups -OCH3 is 1. The predicted octanol–water partition coefficient (Wildman–Crippen LogP) is 2.20. The van der Waals surface area contributed by atoms with Gasteiger partial charge in [-0.05, 0) is 37.7 Å². The molecule has 0 bridgehead atoms. The number of amides is 1. The zero-order valence-corrected chi connectivity index (χ0v) is 15.0. The third kappa shape index (κ3) is 3.40. The SMILES string of the molecule is COc1ccccc1CN1CC[C@H]2OCC[C@@]2(C(=O)NCC2CC2)C1. The van der Waals surface area contributed by atoms with Crippen molar-refractivity contribution in [2.75, 3.05) is 33.4 Å². The van der Waals surface area contributed by atoms with Crippen LogP contribution in [-0.2, 0) is 16.1 Å². The highest BCUT2D eigenvalue weighted by Gasteiger charge is 2.53. The number of rotatable bonds is 6. The number of carbonyl (C=O) groups excluding carboxylic acids is 1. The van der Waals surface area contributed by atoms with Crippen LogP contribution in [0.4, 0.5) is 0 Å². The molecular formula is C20H28N2O3. The number of nitrogens with one attached hydrogen (secondary N) is 1. The minimum absolute atomic E-state index is 0.0700. The first-order chi connectivity index (χ1) is 12.2. The van der Waals surface area contributed by atoms with E-state index in [0.717, 1.165) is 44.8 Å². The van der Waals surface area contributed by atoms with Gasteiger partial charge in [0, 0.05) is 38.3 Å². The topological polar surface area (TPSA) is 50.8 Å². The van der Waals surface area contributed by atoms with E-state index in [2.05, 4.69) is 16.3 Å². The molecule has 1 aromatic rings. The van der Waals surface area contributed by atoms with E-state index in [1.54, 1.807) is 7.11 Å². The molecule has 5 nitrogen and oxygen atoms in total. The van der Waals surface area contributed by atoms with E-state index in [1.807, 2.05) is 18.2 Å².